The largest absolute Gasteiger partial charge is 0.457 e. The van der Waals surface area contributed by atoms with Crippen molar-refractivity contribution in [1.29, 1.82) is 0 Å². The van der Waals surface area contributed by atoms with Crippen LogP contribution < -0.4 is 0 Å². The minimum atomic E-state index is -1.72. The molecule has 2 heterocycles. The molecule has 0 aromatic rings. The zero-order valence-corrected chi connectivity index (χ0v) is 45.5. The Kier molecular flexibility index (Phi) is 42.1. The Morgan fingerprint density at radius 3 is 1.39 bits per heavy atom. The van der Waals surface area contributed by atoms with Crippen molar-refractivity contribution in [3.05, 3.63) is 85.1 Å². The fraction of sp³-hybridized carbons (Fsp3) is 0.750. The van der Waals surface area contributed by atoms with Crippen molar-refractivity contribution in [1.82, 2.24) is 0 Å². The summed E-state index contributed by atoms with van der Waals surface area (Å²) in [4.78, 5) is 13.1. The van der Waals surface area contributed by atoms with Gasteiger partial charge in [-0.25, -0.2) is 0 Å². The standard InChI is InChI=1S/C60H102O14/c1-3-5-7-9-11-13-15-17-19-21-22-23-24-25-26-27-29-31-33-35-37-39-41-43-52(62)72-49(46-69-44-42-40-38-36-34-32-30-28-20-18-16-14-12-10-8-6-4-2)47-70-59-58(68)56(66)54(64)51(74-59)48-71-60-57(67)55(65)53(63)50(45-61)73-60/h5,7,11,13,17,19-20,22-23,25-26,28-29,31,49-51,53-61,63-68H,3-4,6,8-10,12,14-16,18,21,24,27,30,32-48H2,1-2H3/b7-5-,13-11-,19-17-,23-22-,26-25-,28-20-,31-29-. The summed E-state index contributed by atoms with van der Waals surface area (Å²) in [7, 11) is 0. The van der Waals surface area contributed by atoms with E-state index in [0.29, 0.717) is 13.0 Å². The number of hydrogen-bond donors (Lipinski definition) is 7. The molecule has 0 amide bonds. The number of aliphatic hydroxyl groups is 7. The molecule has 2 aliphatic heterocycles. The Morgan fingerprint density at radius 2 is 0.878 bits per heavy atom. The van der Waals surface area contributed by atoms with Crippen LogP contribution in [-0.4, -0.2) is 142 Å². The van der Waals surface area contributed by atoms with E-state index in [-0.39, 0.29) is 19.6 Å². The fourth-order valence-corrected chi connectivity index (χ4v) is 8.52. The average Bonchev–Trinajstić information content (AvgIpc) is 3.40. The van der Waals surface area contributed by atoms with Crippen LogP contribution in [0.1, 0.15) is 187 Å². The number of carbonyl (C=O) groups excluding carboxylic acids is 1. The van der Waals surface area contributed by atoms with Crippen molar-refractivity contribution in [2.24, 2.45) is 0 Å². The van der Waals surface area contributed by atoms with Crippen LogP contribution >= 0.6 is 0 Å². The maximum atomic E-state index is 13.1. The molecule has 0 saturated carbocycles. The molecular formula is C60H102O14. The summed E-state index contributed by atoms with van der Waals surface area (Å²) in [6, 6.07) is 0. The van der Waals surface area contributed by atoms with Crippen molar-refractivity contribution in [2.45, 2.75) is 255 Å². The van der Waals surface area contributed by atoms with Gasteiger partial charge in [0.05, 0.1) is 26.4 Å². The minimum Gasteiger partial charge on any atom is -0.457 e. The van der Waals surface area contributed by atoms with E-state index in [9.17, 15) is 40.5 Å². The molecule has 0 aromatic heterocycles. The lowest BCUT2D eigenvalue weighted by atomic mass is 9.98. The molecule has 0 aliphatic carbocycles. The molecule has 2 saturated heterocycles. The maximum absolute atomic E-state index is 13.1. The Labute approximate surface area is 446 Å². The van der Waals surface area contributed by atoms with Gasteiger partial charge >= 0.3 is 5.97 Å². The predicted octanol–water partition coefficient (Wildman–Crippen LogP) is 10.0. The van der Waals surface area contributed by atoms with Crippen LogP contribution in [0.2, 0.25) is 0 Å². The first-order chi connectivity index (χ1) is 36.1. The van der Waals surface area contributed by atoms with E-state index < -0.39 is 86.7 Å². The first-order valence-corrected chi connectivity index (χ1v) is 28.7. The Balaban J connectivity index is 1.75. The number of allylic oxidation sites excluding steroid dienone is 14. The quantitative estimate of drug-likeness (QED) is 0.0172. The SMILES string of the molecule is CC/C=C\C/C=C\C/C=C\C/C=C\C/C=C\C/C=C\CCCCCCC(=O)OC(COCCCCCCCC/C=C\CCCCCCCCC)COC1OC(COC2OC(CO)C(O)C(O)C2O)C(O)C(O)C1O. The van der Waals surface area contributed by atoms with Gasteiger partial charge in [-0.05, 0) is 89.9 Å². The topological polar surface area (TPSA) is 214 Å². The molecule has 0 bridgehead atoms. The third-order valence-corrected chi connectivity index (χ3v) is 13.1. The summed E-state index contributed by atoms with van der Waals surface area (Å²) >= 11 is 0. The highest BCUT2D eigenvalue weighted by Crippen LogP contribution is 2.26. The second kappa shape index (κ2) is 46.3. The number of hydrogen-bond acceptors (Lipinski definition) is 14. The van der Waals surface area contributed by atoms with Gasteiger partial charge in [0.1, 0.15) is 54.9 Å². The van der Waals surface area contributed by atoms with Crippen LogP contribution in [-0.2, 0) is 33.2 Å². The fourth-order valence-electron chi connectivity index (χ4n) is 8.52. The number of carbonyl (C=O) groups is 1. The zero-order valence-electron chi connectivity index (χ0n) is 45.5. The molecule has 14 nitrogen and oxygen atoms in total. The summed E-state index contributed by atoms with van der Waals surface area (Å²) < 4.78 is 34.3. The predicted molar refractivity (Wildman–Crippen MR) is 293 cm³/mol. The van der Waals surface area contributed by atoms with Crippen molar-refractivity contribution >= 4 is 5.97 Å². The normalized spacial score (nSPS) is 25.4. The molecule has 2 rings (SSSR count). The van der Waals surface area contributed by atoms with Crippen LogP contribution in [0, 0.1) is 0 Å². The van der Waals surface area contributed by atoms with Crippen molar-refractivity contribution in [2.75, 3.05) is 33.0 Å². The van der Waals surface area contributed by atoms with E-state index in [1.807, 2.05) is 0 Å². The minimum absolute atomic E-state index is 0.0422. The van der Waals surface area contributed by atoms with Gasteiger partial charge in [0, 0.05) is 13.0 Å². The second-order valence-corrected chi connectivity index (χ2v) is 19.7. The molecule has 7 N–H and O–H groups in total. The van der Waals surface area contributed by atoms with Gasteiger partial charge in [-0.15, -0.1) is 0 Å². The van der Waals surface area contributed by atoms with Crippen LogP contribution in [0.5, 0.6) is 0 Å². The molecule has 0 aromatic carbocycles. The zero-order chi connectivity index (χ0) is 53.7. The first-order valence-electron chi connectivity index (χ1n) is 28.7. The number of aliphatic hydroxyl groups excluding tert-OH is 7. The molecule has 11 atom stereocenters. The molecule has 2 aliphatic rings. The number of esters is 1. The highest BCUT2D eigenvalue weighted by molar-refractivity contribution is 5.69. The third-order valence-electron chi connectivity index (χ3n) is 13.1. The number of ether oxygens (including phenoxy) is 6. The number of rotatable bonds is 45. The van der Waals surface area contributed by atoms with Gasteiger partial charge in [-0.2, -0.15) is 0 Å². The smallest absolute Gasteiger partial charge is 0.306 e. The third kappa shape index (κ3) is 32.7. The highest BCUT2D eigenvalue weighted by Gasteiger charge is 2.47. The molecule has 0 spiro atoms. The lowest BCUT2D eigenvalue weighted by Gasteiger charge is -2.42. The van der Waals surface area contributed by atoms with E-state index in [1.165, 1.54) is 70.6 Å². The van der Waals surface area contributed by atoms with Crippen LogP contribution in [0.15, 0.2) is 85.1 Å². The molecule has 2 fully saturated rings. The monoisotopic (exact) mass is 1050 g/mol. The van der Waals surface area contributed by atoms with Gasteiger partial charge in [0.25, 0.3) is 0 Å². The van der Waals surface area contributed by atoms with Crippen molar-refractivity contribution < 1.29 is 69.0 Å². The van der Waals surface area contributed by atoms with Gasteiger partial charge in [0.2, 0.25) is 0 Å². The van der Waals surface area contributed by atoms with E-state index in [0.717, 1.165) is 89.9 Å². The van der Waals surface area contributed by atoms with Crippen LogP contribution in [0.4, 0.5) is 0 Å². The molecule has 11 unspecified atom stereocenters. The van der Waals surface area contributed by atoms with Gasteiger partial charge < -0.3 is 64.2 Å². The van der Waals surface area contributed by atoms with E-state index in [1.54, 1.807) is 0 Å². The molecule has 14 heteroatoms. The molecule has 0 radical (unpaired) electrons. The van der Waals surface area contributed by atoms with Gasteiger partial charge in [-0.1, -0.05) is 176 Å². The summed E-state index contributed by atoms with van der Waals surface area (Å²) in [5.74, 6) is -0.404. The second-order valence-electron chi connectivity index (χ2n) is 19.7. The Bertz CT molecular complexity index is 1540. The summed E-state index contributed by atoms with van der Waals surface area (Å²) in [5.41, 5.74) is 0. The van der Waals surface area contributed by atoms with E-state index >= 15 is 0 Å². The van der Waals surface area contributed by atoms with Crippen molar-refractivity contribution in [3.8, 4) is 0 Å². The highest BCUT2D eigenvalue weighted by atomic mass is 16.7. The summed E-state index contributed by atoms with van der Waals surface area (Å²) in [6.45, 7) is 3.52. The molecular weight excluding hydrogens is 945 g/mol. The van der Waals surface area contributed by atoms with Gasteiger partial charge in [-0.3, -0.25) is 4.79 Å². The summed E-state index contributed by atoms with van der Waals surface area (Å²) in [5, 5.41) is 72.3. The lowest BCUT2D eigenvalue weighted by molar-refractivity contribution is -0.332. The Hall–Kier alpha value is -2.83. The number of unbranched alkanes of at least 4 members (excludes halogenated alkanes) is 17. The van der Waals surface area contributed by atoms with Crippen molar-refractivity contribution in [3.63, 3.8) is 0 Å². The van der Waals surface area contributed by atoms with Crippen LogP contribution in [0.25, 0.3) is 0 Å². The molecule has 426 valence electrons. The van der Waals surface area contributed by atoms with Crippen LogP contribution in [0.3, 0.4) is 0 Å². The van der Waals surface area contributed by atoms with E-state index in [2.05, 4.69) is 98.9 Å². The summed E-state index contributed by atoms with van der Waals surface area (Å²) in [6.07, 6.45) is 43.5. The van der Waals surface area contributed by atoms with E-state index in [4.69, 9.17) is 28.4 Å². The van der Waals surface area contributed by atoms with Gasteiger partial charge in [0.15, 0.2) is 12.6 Å². The molecule has 74 heavy (non-hydrogen) atoms. The average molecular weight is 1050 g/mol. The first kappa shape index (κ1) is 67.3. The Morgan fingerprint density at radius 1 is 0.459 bits per heavy atom. The maximum Gasteiger partial charge on any atom is 0.306 e. The lowest BCUT2D eigenvalue weighted by Crippen LogP contribution is -2.61.